The molecule has 0 spiro atoms. The van der Waals surface area contributed by atoms with Crippen LogP contribution in [0.25, 0.3) is 27.7 Å². The van der Waals surface area contributed by atoms with Crippen molar-refractivity contribution in [3.05, 3.63) is 98.3 Å². The summed E-state index contributed by atoms with van der Waals surface area (Å²) >= 11 is 12.1. The Bertz CT molecular complexity index is 1320. The molecular formula is C24H17Cl2NO3. The maximum absolute atomic E-state index is 12.8. The van der Waals surface area contributed by atoms with Crippen molar-refractivity contribution in [1.82, 2.24) is 4.57 Å². The normalized spacial score (nSPS) is 11.0. The molecule has 150 valence electrons. The molecule has 0 aliphatic heterocycles. The number of hydrogen-bond donors (Lipinski definition) is 1. The van der Waals surface area contributed by atoms with Crippen LogP contribution in [0.3, 0.4) is 0 Å². The summed E-state index contributed by atoms with van der Waals surface area (Å²) in [5.41, 5.74) is 4.32. The molecule has 0 bridgehead atoms. The lowest BCUT2D eigenvalue weighted by atomic mass is 9.90. The van der Waals surface area contributed by atoms with Gasteiger partial charge in [0.05, 0.1) is 11.9 Å². The summed E-state index contributed by atoms with van der Waals surface area (Å²) in [7, 11) is 0. The van der Waals surface area contributed by atoms with E-state index in [9.17, 15) is 14.7 Å². The van der Waals surface area contributed by atoms with Crippen LogP contribution in [-0.2, 0) is 11.2 Å². The molecule has 0 saturated carbocycles. The minimum Gasteiger partial charge on any atom is -0.481 e. The molecule has 1 N–H and O–H groups in total. The van der Waals surface area contributed by atoms with Crippen LogP contribution in [0.1, 0.15) is 11.1 Å². The van der Waals surface area contributed by atoms with Gasteiger partial charge in [0.15, 0.2) is 0 Å². The first-order valence-corrected chi connectivity index (χ1v) is 10.0. The summed E-state index contributed by atoms with van der Waals surface area (Å²) in [6.07, 6.45) is -0.125. The van der Waals surface area contributed by atoms with Gasteiger partial charge < -0.3 is 5.11 Å². The highest BCUT2D eigenvalue weighted by atomic mass is 35.5. The van der Waals surface area contributed by atoms with E-state index < -0.39 is 5.97 Å². The quantitative estimate of drug-likeness (QED) is 0.432. The van der Waals surface area contributed by atoms with Crippen molar-refractivity contribution in [2.75, 3.05) is 0 Å². The summed E-state index contributed by atoms with van der Waals surface area (Å²) in [4.78, 5) is 24.4. The Morgan fingerprint density at radius 2 is 1.53 bits per heavy atom. The number of rotatable bonds is 4. The molecule has 0 amide bonds. The summed E-state index contributed by atoms with van der Waals surface area (Å²) in [5.74, 6) is -0.918. The largest absolute Gasteiger partial charge is 0.481 e. The summed E-state index contributed by atoms with van der Waals surface area (Å²) in [6, 6.07) is 19.4. The second-order valence-corrected chi connectivity index (χ2v) is 7.91. The van der Waals surface area contributed by atoms with Gasteiger partial charge in [-0.05, 0) is 77.7 Å². The van der Waals surface area contributed by atoms with Crippen molar-refractivity contribution in [1.29, 1.82) is 0 Å². The lowest BCUT2D eigenvalue weighted by Crippen LogP contribution is -2.18. The van der Waals surface area contributed by atoms with Crippen molar-refractivity contribution in [3.8, 4) is 16.8 Å². The zero-order valence-electron chi connectivity index (χ0n) is 16.0. The number of hydrogen-bond acceptors (Lipinski definition) is 2. The van der Waals surface area contributed by atoms with E-state index in [-0.39, 0.29) is 12.0 Å². The third-order valence-electron chi connectivity index (χ3n) is 5.08. The van der Waals surface area contributed by atoms with Crippen LogP contribution < -0.4 is 5.56 Å². The smallest absolute Gasteiger partial charge is 0.307 e. The maximum atomic E-state index is 12.8. The van der Waals surface area contributed by atoms with E-state index in [4.69, 9.17) is 23.2 Å². The summed E-state index contributed by atoms with van der Waals surface area (Å²) in [5, 5.41) is 11.4. The number of benzene rings is 3. The average molecular weight is 438 g/mol. The Labute approximate surface area is 182 Å². The van der Waals surface area contributed by atoms with Gasteiger partial charge in [-0.2, -0.15) is 0 Å². The Hall–Kier alpha value is -3.08. The van der Waals surface area contributed by atoms with Crippen molar-refractivity contribution < 1.29 is 9.90 Å². The number of carbonyl (C=O) groups is 1. The minimum absolute atomic E-state index is 0.125. The first kappa shape index (κ1) is 20.2. The number of aliphatic carboxylic acids is 1. The van der Waals surface area contributed by atoms with Crippen molar-refractivity contribution >= 4 is 40.1 Å². The first-order valence-electron chi connectivity index (χ1n) is 9.27. The highest BCUT2D eigenvalue weighted by Crippen LogP contribution is 2.35. The number of aryl methyl sites for hydroxylation is 1. The fraction of sp³-hybridized carbons (Fsp3) is 0.0833. The van der Waals surface area contributed by atoms with Gasteiger partial charge >= 0.3 is 5.97 Å². The standard InChI is InChI=1S/C24H17Cl2NO3/c1-14-12-21-19(10-11-22(28)27(21)18-8-6-17(26)7-9-18)24(20(14)13-23(29)30)15-2-4-16(25)5-3-15/h2-12H,13H2,1H3,(H,29,30). The Kier molecular flexibility index (Phi) is 5.37. The Morgan fingerprint density at radius 1 is 0.933 bits per heavy atom. The lowest BCUT2D eigenvalue weighted by Gasteiger charge is -2.19. The topological polar surface area (TPSA) is 59.3 Å². The number of aromatic nitrogens is 1. The van der Waals surface area contributed by atoms with Gasteiger partial charge in [0.2, 0.25) is 0 Å². The molecule has 0 atom stereocenters. The minimum atomic E-state index is -0.918. The number of pyridine rings is 1. The van der Waals surface area contributed by atoms with Crippen LogP contribution in [0, 0.1) is 6.92 Å². The molecule has 0 radical (unpaired) electrons. The van der Waals surface area contributed by atoms with Crippen LogP contribution >= 0.6 is 23.2 Å². The highest BCUT2D eigenvalue weighted by Gasteiger charge is 2.18. The van der Waals surface area contributed by atoms with Gasteiger partial charge in [-0.1, -0.05) is 35.3 Å². The number of nitrogens with zero attached hydrogens (tertiary/aromatic N) is 1. The molecule has 0 unspecified atom stereocenters. The molecular weight excluding hydrogens is 421 g/mol. The molecule has 6 heteroatoms. The molecule has 1 aromatic heterocycles. The molecule has 4 nitrogen and oxygen atoms in total. The molecule has 30 heavy (non-hydrogen) atoms. The van der Waals surface area contributed by atoms with E-state index in [0.29, 0.717) is 26.8 Å². The number of halogens is 2. The van der Waals surface area contributed by atoms with E-state index in [0.717, 1.165) is 22.1 Å². The molecule has 0 aliphatic carbocycles. The fourth-order valence-corrected chi connectivity index (χ4v) is 3.99. The van der Waals surface area contributed by atoms with Gasteiger partial charge in [-0.3, -0.25) is 14.2 Å². The van der Waals surface area contributed by atoms with E-state index >= 15 is 0 Å². The molecule has 0 aliphatic rings. The van der Waals surface area contributed by atoms with Gasteiger partial charge in [0, 0.05) is 27.2 Å². The third-order valence-corrected chi connectivity index (χ3v) is 5.58. The number of fused-ring (bicyclic) bond motifs is 1. The summed E-state index contributed by atoms with van der Waals surface area (Å²) < 4.78 is 1.61. The summed E-state index contributed by atoms with van der Waals surface area (Å²) in [6.45, 7) is 1.86. The van der Waals surface area contributed by atoms with Crippen molar-refractivity contribution in [2.45, 2.75) is 13.3 Å². The van der Waals surface area contributed by atoms with Gasteiger partial charge in [-0.15, -0.1) is 0 Å². The Balaban J connectivity index is 2.12. The van der Waals surface area contributed by atoms with Crippen LogP contribution in [-0.4, -0.2) is 15.6 Å². The van der Waals surface area contributed by atoms with Crippen LogP contribution in [0.5, 0.6) is 0 Å². The third kappa shape index (κ3) is 3.72. The maximum Gasteiger partial charge on any atom is 0.307 e. The predicted octanol–water partition coefficient (Wildman–Crippen LogP) is 5.90. The van der Waals surface area contributed by atoms with Crippen LogP contribution in [0.15, 0.2) is 71.5 Å². The molecule has 4 aromatic rings. The molecule has 3 aromatic carbocycles. The molecule has 4 rings (SSSR count). The predicted molar refractivity (Wildman–Crippen MR) is 121 cm³/mol. The second kappa shape index (κ2) is 7.98. The van der Waals surface area contributed by atoms with Crippen LogP contribution in [0.2, 0.25) is 10.0 Å². The molecule has 0 saturated heterocycles. The lowest BCUT2D eigenvalue weighted by molar-refractivity contribution is -0.136. The first-order chi connectivity index (χ1) is 14.3. The fourth-order valence-electron chi connectivity index (χ4n) is 3.74. The van der Waals surface area contributed by atoms with E-state index in [1.54, 1.807) is 47.0 Å². The monoisotopic (exact) mass is 437 g/mol. The Morgan fingerprint density at radius 3 is 2.13 bits per heavy atom. The molecule has 0 fully saturated rings. The van der Waals surface area contributed by atoms with Crippen molar-refractivity contribution in [3.63, 3.8) is 0 Å². The average Bonchev–Trinajstić information content (AvgIpc) is 2.70. The van der Waals surface area contributed by atoms with Crippen molar-refractivity contribution in [2.24, 2.45) is 0 Å². The van der Waals surface area contributed by atoms with Gasteiger partial charge in [0.1, 0.15) is 0 Å². The zero-order valence-corrected chi connectivity index (χ0v) is 17.5. The van der Waals surface area contributed by atoms with Gasteiger partial charge in [0.25, 0.3) is 5.56 Å². The number of carboxylic acid groups (broad SMARTS) is 1. The SMILES string of the molecule is Cc1cc2c(ccc(=O)n2-c2ccc(Cl)cc2)c(-c2ccc(Cl)cc2)c1CC(=O)O. The molecule has 1 heterocycles. The second-order valence-electron chi connectivity index (χ2n) is 7.04. The van der Waals surface area contributed by atoms with E-state index in [1.807, 2.05) is 25.1 Å². The van der Waals surface area contributed by atoms with Crippen LogP contribution in [0.4, 0.5) is 0 Å². The zero-order chi connectivity index (χ0) is 21.4. The highest BCUT2D eigenvalue weighted by molar-refractivity contribution is 6.31. The van der Waals surface area contributed by atoms with E-state index in [2.05, 4.69) is 0 Å². The van der Waals surface area contributed by atoms with E-state index in [1.165, 1.54) is 6.07 Å². The van der Waals surface area contributed by atoms with Gasteiger partial charge in [-0.25, -0.2) is 0 Å². The number of carboxylic acids is 1.